The number of fused-ring (bicyclic) bond motifs is 1. The van der Waals surface area contributed by atoms with Gasteiger partial charge in [-0.1, -0.05) is 35.9 Å². The van der Waals surface area contributed by atoms with Gasteiger partial charge in [0.15, 0.2) is 0 Å². The van der Waals surface area contributed by atoms with Crippen LogP contribution in [0, 0.1) is 20.8 Å². The smallest absolute Gasteiger partial charge is 0.250 e. The van der Waals surface area contributed by atoms with E-state index in [-0.39, 0.29) is 11.5 Å². The number of amides is 2. The molecule has 35 heavy (non-hydrogen) atoms. The predicted molar refractivity (Wildman–Crippen MR) is 140 cm³/mol. The maximum absolute atomic E-state index is 12.8. The normalized spacial score (nSPS) is 11.5. The zero-order valence-corrected chi connectivity index (χ0v) is 20.5. The number of nitrogens with one attached hydrogen (secondary N) is 1. The van der Waals surface area contributed by atoms with Gasteiger partial charge in [0.2, 0.25) is 5.91 Å². The topological polar surface area (TPSA) is 94.6 Å². The van der Waals surface area contributed by atoms with Gasteiger partial charge in [-0.15, -0.1) is 0 Å². The third kappa shape index (κ3) is 4.55. The van der Waals surface area contributed by atoms with E-state index in [0.29, 0.717) is 17.0 Å². The van der Waals surface area contributed by atoms with E-state index in [2.05, 4.69) is 37.4 Å². The van der Waals surface area contributed by atoms with Gasteiger partial charge >= 0.3 is 0 Å². The molecule has 0 fully saturated rings. The van der Waals surface area contributed by atoms with Gasteiger partial charge in [0.1, 0.15) is 11.3 Å². The monoisotopic (exact) mass is 468 g/mol. The number of carbonyl (C=O) groups excluding carboxylic acids is 2. The van der Waals surface area contributed by atoms with Crippen LogP contribution in [0.2, 0.25) is 0 Å². The summed E-state index contributed by atoms with van der Waals surface area (Å²) in [7, 11) is 1.60. The summed E-state index contributed by atoms with van der Waals surface area (Å²) in [4.78, 5) is 24.5. The molecule has 1 aromatic heterocycles. The zero-order chi connectivity index (χ0) is 25.3. The minimum atomic E-state index is -0.608. The minimum Gasteiger partial charge on any atom is -0.496 e. The number of aryl methyl sites for hydroxylation is 3. The van der Waals surface area contributed by atoms with Crippen molar-refractivity contribution in [3.05, 3.63) is 88.7 Å². The Hall–Kier alpha value is -4.32. The van der Waals surface area contributed by atoms with Gasteiger partial charge in [0, 0.05) is 28.2 Å². The zero-order valence-electron chi connectivity index (χ0n) is 20.5. The average Bonchev–Trinajstić information content (AvgIpc) is 3.23. The quantitative estimate of drug-likeness (QED) is 0.331. The second-order valence-corrected chi connectivity index (χ2v) is 8.65. The number of methoxy groups -OCH3 is 1. The lowest BCUT2D eigenvalue weighted by Gasteiger charge is -2.14. The molecule has 6 nitrogen and oxygen atoms in total. The van der Waals surface area contributed by atoms with E-state index in [9.17, 15) is 9.59 Å². The van der Waals surface area contributed by atoms with Crippen LogP contribution in [-0.4, -0.2) is 18.9 Å². The van der Waals surface area contributed by atoms with Crippen LogP contribution in [0.25, 0.3) is 27.7 Å². The third-order valence-corrected chi connectivity index (χ3v) is 6.14. The number of rotatable bonds is 6. The number of ether oxygens (including phenoxy) is 1. The molecule has 0 atom stereocenters. The van der Waals surface area contributed by atoms with Gasteiger partial charge < -0.3 is 20.2 Å². The molecular formula is C29H28N2O4. The highest BCUT2D eigenvalue weighted by atomic mass is 16.5. The molecule has 3 N–H and O–H groups in total. The lowest BCUT2D eigenvalue weighted by atomic mass is 9.94. The maximum atomic E-state index is 12.8. The minimum absolute atomic E-state index is 0.248. The molecule has 2 amide bonds. The van der Waals surface area contributed by atoms with Crippen LogP contribution in [0.1, 0.15) is 39.5 Å². The first-order chi connectivity index (χ1) is 16.7. The van der Waals surface area contributed by atoms with E-state index < -0.39 is 5.91 Å². The molecule has 178 valence electrons. The number of primary amides is 1. The second-order valence-electron chi connectivity index (χ2n) is 8.65. The summed E-state index contributed by atoms with van der Waals surface area (Å²) < 4.78 is 11.7. The number of para-hydroxylation sites is 1. The van der Waals surface area contributed by atoms with Crippen molar-refractivity contribution in [1.29, 1.82) is 0 Å². The molecule has 1 heterocycles. The van der Waals surface area contributed by atoms with Crippen LogP contribution >= 0.6 is 0 Å². The Morgan fingerprint density at radius 2 is 1.74 bits per heavy atom. The first kappa shape index (κ1) is 23.8. The van der Waals surface area contributed by atoms with Crippen LogP contribution in [0.4, 0.5) is 5.69 Å². The lowest BCUT2D eigenvalue weighted by Crippen LogP contribution is -2.17. The first-order valence-electron chi connectivity index (χ1n) is 11.3. The highest BCUT2D eigenvalue weighted by molar-refractivity contribution is 6.09. The molecule has 0 radical (unpaired) electrons. The molecule has 0 saturated heterocycles. The summed E-state index contributed by atoms with van der Waals surface area (Å²) >= 11 is 0. The number of carbonyl (C=O) groups is 2. The van der Waals surface area contributed by atoms with Crippen LogP contribution in [0.3, 0.4) is 0 Å². The van der Waals surface area contributed by atoms with Crippen LogP contribution < -0.4 is 15.8 Å². The number of anilines is 1. The standard InChI is InChI=1S/C29H28N2O4/c1-16-10-11-20(17(2)12-16)24-15-35-28-19(4)27(34-5)22(14-23(24)28)18(3)13-26(32)31-25-9-7-6-8-21(25)29(30)33/h6-15H,1-5H3,(H2,30,33)(H,31,32)/b18-13+. The summed E-state index contributed by atoms with van der Waals surface area (Å²) in [6, 6.07) is 14.9. The molecule has 0 aliphatic carbocycles. The molecule has 0 spiro atoms. The van der Waals surface area contributed by atoms with Crippen LogP contribution in [-0.2, 0) is 4.79 Å². The van der Waals surface area contributed by atoms with Gasteiger partial charge in [-0.25, -0.2) is 0 Å². The largest absolute Gasteiger partial charge is 0.496 e. The van der Waals surface area contributed by atoms with Gasteiger partial charge in [0.05, 0.1) is 24.6 Å². The maximum Gasteiger partial charge on any atom is 0.250 e. The van der Waals surface area contributed by atoms with Gasteiger partial charge in [-0.05, 0) is 62.6 Å². The Bertz CT molecular complexity index is 1490. The SMILES string of the molecule is COc1c(/C(C)=C/C(=O)Nc2ccccc2C(N)=O)cc2c(-c3ccc(C)cc3C)coc2c1C. The molecule has 4 aromatic rings. The Kier molecular flexibility index (Phi) is 6.47. The fourth-order valence-electron chi connectivity index (χ4n) is 4.45. The van der Waals surface area contributed by atoms with Crippen molar-refractivity contribution in [3.8, 4) is 16.9 Å². The number of allylic oxidation sites excluding steroid dienone is 1. The van der Waals surface area contributed by atoms with Gasteiger partial charge in [0.25, 0.3) is 5.91 Å². The van der Waals surface area contributed by atoms with Crippen molar-refractivity contribution in [2.45, 2.75) is 27.7 Å². The van der Waals surface area contributed by atoms with E-state index in [1.54, 1.807) is 37.6 Å². The predicted octanol–water partition coefficient (Wildman–Crippen LogP) is 6.17. The summed E-state index contributed by atoms with van der Waals surface area (Å²) in [5.74, 6) is -0.348. The average molecular weight is 469 g/mol. The van der Waals surface area contributed by atoms with E-state index in [1.165, 1.54) is 11.6 Å². The summed E-state index contributed by atoms with van der Waals surface area (Å²) in [5, 5.41) is 3.69. The van der Waals surface area contributed by atoms with E-state index in [4.69, 9.17) is 14.9 Å². The Labute approximate surface area is 204 Å². The molecule has 0 bridgehead atoms. The fraction of sp³-hybridized carbons (Fsp3) is 0.172. The Morgan fingerprint density at radius 3 is 2.43 bits per heavy atom. The van der Waals surface area contributed by atoms with Crippen molar-refractivity contribution in [3.63, 3.8) is 0 Å². The second kappa shape index (κ2) is 9.50. The van der Waals surface area contributed by atoms with E-state index >= 15 is 0 Å². The summed E-state index contributed by atoms with van der Waals surface area (Å²) in [6.07, 6.45) is 3.25. The van der Waals surface area contributed by atoms with Gasteiger partial charge in [-0.3, -0.25) is 9.59 Å². The molecule has 4 rings (SSSR count). The Morgan fingerprint density at radius 1 is 1.00 bits per heavy atom. The van der Waals surface area contributed by atoms with Crippen LogP contribution in [0.5, 0.6) is 5.75 Å². The fourth-order valence-corrected chi connectivity index (χ4v) is 4.45. The number of nitrogens with two attached hydrogens (primary N) is 1. The van der Waals surface area contributed by atoms with Crippen molar-refractivity contribution >= 4 is 34.0 Å². The number of furan rings is 1. The van der Waals surface area contributed by atoms with Crippen molar-refractivity contribution < 1.29 is 18.7 Å². The van der Waals surface area contributed by atoms with E-state index in [1.807, 2.05) is 19.9 Å². The van der Waals surface area contributed by atoms with Gasteiger partial charge in [-0.2, -0.15) is 0 Å². The number of benzene rings is 3. The van der Waals surface area contributed by atoms with E-state index in [0.717, 1.165) is 38.8 Å². The molecule has 0 unspecified atom stereocenters. The molecule has 0 aliphatic heterocycles. The molecule has 0 saturated carbocycles. The third-order valence-electron chi connectivity index (χ3n) is 6.14. The molecule has 3 aromatic carbocycles. The molecular weight excluding hydrogens is 440 g/mol. The molecule has 6 heteroatoms. The number of hydrogen-bond donors (Lipinski definition) is 2. The Balaban J connectivity index is 1.78. The van der Waals surface area contributed by atoms with Crippen molar-refractivity contribution in [2.24, 2.45) is 5.73 Å². The highest BCUT2D eigenvalue weighted by Crippen LogP contribution is 2.41. The summed E-state index contributed by atoms with van der Waals surface area (Å²) in [5.41, 5.74) is 13.5. The summed E-state index contributed by atoms with van der Waals surface area (Å²) in [6.45, 7) is 7.94. The van der Waals surface area contributed by atoms with Crippen molar-refractivity contribution in [1.82, 2.24) is 0 Å². The molecule has 0 aliphatic rings. The highest BCUT2D eigenvalue weighted by Gasteiger charge is 2.20. The lowest BCUT2D eigenvalue weighted by molar-refractivity contribution is -0.111. The first-order valence-corrected chi connectivity index (χ1v) is 11.3. The van der Waals surface area contributed by atoms with Crippen LogP contribution in [0.15, 0.2) is 65.3 Å². The van der Waals surface area contributed by atoms with Crippen molar-refractivity contribution in [2.75, 3.05) is 12.4 Å². The number of hydrogen-bond acceptors (Lipinski definition) is 4.